The van der Waals surface area contributed by atoms with Gasteiger partial charge in [0.15, 0.2) is 5.84 Å². The summed E-state index contributed by atoms with van der Waals surface area (Å²) in [6.45, 7) is 18.8. The van der Waals surface area contributed by atoms with Crippen molar-refractivity contribution in [1.82, 2.24) is 9.78 Å². The molecule has 0 bridgehead atoms. The van der Waals surface area contributed by atoms with E-state index < -0.39 is 0 Å². The summed E-state index contributed by atoms with van der Waals surface area (Å²) in [5.41, 5.74) is 10.7. The van der Waals surface area contributed by atoms with Gasteiger partial charge in [0.25, 0.3) is 5.96 Å². The van der Waals surface area contributed by atoms with Gasteiger partial charge in [0, 0.05) is 30.0 Å². The summed E-state index contributed by atoms with van der Waals surface area (Å²) in [7, 11) is 0. The second-order valence-electron chi connectivity index (χ2n) is 8.96. The molecule has 2 heterocycles. The van der Waals surface area contributed by atoms with Crippen molar-refractivity contribution < 1.29 is 0 Å². The van der Waals surface area contributed by atoms with E-state index in [0.717, 1.165) is 52.6 Å². The van der Waals surface area contributed by atoms with E-state index in [9.17, 15) is 0 Å². The third kappa shape index (κ3) is 4.32. The first-order valence-electron chi connectivity index (χ1n) is 12.0. The quantitative estimate of drug-likeness (QED) is 0.473. The van der Waals surface area contributed by atoms with Crippen molar-refractivity contribution in [2.75, 3.05) is 18.0 Å². The van der Waals surface area contributed by atoms with Crippen LogP contribution in [0, 0.1) is 41.5 Å². The lowest BCUT2D eigenvalue weighted by molar-refractivity contribution is 0.865. The highest BCUT2D eigenvalue weighted by atomic mass is 15.4. The van der Waals surface area contributed by atoms with Gasteiger partial charge >= 0.3 is 0 Å². The van der Waals surface area contributed by atoms with Crippen molar-refractivity contribution >= 4 is 28.9 Å². The molecule has 6 nitrogen and oxygen atoms in total. The van der Waals surface area contributed by atoms with E-state index in [1.807, 2.05) is 18.5 Å². The average molecular weight is 455 g/mol. The summed E-state index contributed by atoms with van der Waals surface area (Å²) in [6.07, 6.45) is 0. The van der Waals surface area contributed by atoms with Gasteiger partial charge in [-0.25, -0.2) is 14.7 Å². The van der Waals surface area contributed by atoms with Crippen molar-refractivity contribution in [3.05, 3.63) is 75.6 Å². The number of nitrogens with zero attached hydrogens (tertiary/aromatic N) is 6. The predicted molar refractivity (Wildman–Crippen MR) is 144 cm³/mol. The van der Waals surface area contributed by atoms with E-state index in [0.29, 0.717) is 11.8 Å². The van der Waals surface area contributed by atoms with Crippen molar-refractivity contribution in [3.63, 3.8) is 0 Å². The summed E-state index contributed by atoms with van der Waals surface area (Å²) in [5.74, 6) is 1.17. The highest BCUT2D eigenvalue weighted by molar-refractivity contribution is 6.53. The minimum atomic E-state index is 0.554. The zero-order valence-electron chi connectivity index (χ0n) is 21.6. The van der Waals surface area contributed by atoms with Gasteiger partial charge in [0.2, 0.25) is 0 Å². The summed E-state index contributed by atoms with van der Waals surface area (Å²) in [4.78, 5) is 17.1. The van der Waals surface area contributed by atoms with E-state index in [-0.39, 0.29) is 0 Å². The highest BCUT2D eigenvalue weighted by Gasteiger charge is 2.24. The molecule has 1 aromatic heterocycles. The molecule has 0 N–H and O–H groups in total. The second kappa shape index (κ2) is 9.37. The Morgan fingerprint density at radius 3 is 2.15 bits per heavy atom. The fourth-order valence-corrected chi connectivity index (χ4v) is 4.16. The SMILES string of the molecule is CCN(CC)c1ccc(N=C2N=C(n3nc(C)c(C)c3C)N=C2c2ccc(C)c(C)c2)c(C)c1. The fraction of sp³-hybridized carbons (Fsp3) is 0.357. The number of rotatable bonds is 5. The fourth-order valence-electron chi connectivity index (χ4n) is 4.16. The molecular formula is C28H34N6. The number of anilines is 1. The predicted octanol–water partition coefficient (Wildman–Crippen LogP) is 6.02. The number of hydrogen-bond donors (Lipinski definition) is 0. The van der Waals surface area contributed by atoms with E-state index in [4.69, 9.17) is 15.0 Å². The summed E-state index contributed by atoms with van der Waals surface area (Å²) < 4.78 is 1.82. The van der Waals surface area contributed by atoms with Crippen LogP contribution in [0.2, 0.25) is 0 Å². The molecule has 0 fully saturated rings. The van der Waals surface area contributed by atoms with Crippen molar-refractivity contribution in [1.29, 1.82) is 0 Å². The van der Waals surface area contributed by atoms with Crippen LogP contribution in [0.25, 0.3) is 0 Å². The van der Waals surface area contributed by atoms with Crippen LogP contribution in [0.1, 0.15) is 53.1 Å². The molecule has 34 heavy (non-hydrogen) atoms. The molecule has 0 radical (unpaired) electrons. The number of benzene rings is 2. The zero-order valence-corrected chi connectivity index (χ0v) is 21.6. The lowest BCUT2D eigenvalue weighted by Crippen LogP contribution is -2.21. The molecule has 1 aliphatic rings. The summed E-state index contributed by atoms with van der Waals surface area (Å²) in [6, 6.07) is 12.8. The molecule has 176 valence electrons. The van der Waals surface area contributed by atoms with Crippen LogP contribution in [0.5, 0.6) is 0 Å². The number of aromatic nitrogens is 2. The standard InChI is InChI=1S/C28H34N6/c1-9-33(10-2)24-13-14-25(19(5)16-24)29-27-26(23-12-11-17(3)18(4)15-23)30-28(31-27)34-22(8)20(6)21(7)32-34/h11-16H,9-10H2,1-8H3. The van der Waals surface area contributed by atoms with Crippen LogP contribution in [0.4, 0.5) is 11.4 Å². The van der Waals surface area contributed by atoms with E-state index >= 15 is 0 Å². The molecular weight excluding hydrogens is 420 g/mol. The maximum absolute atomic E-state index is 4.99. The maximum atomic E-state index is 4.99. The van der Waals surface area contributed by atoms with E-state index in [2.05, 4.69) is 87.9 Å². The Hall–Kier alpha value is -3.54. The van der Waals surface area contributed by atoms with E-state index in [1.54, 1.807) is 0 Å². The first kappa shape index (κ1) is 23.6. The van der Waals surface area contributed by atoms with Crippen LogP contribution in [0.15, 0.2) is 51.4 Å². The molecule has 4 rings (SSSR count). The minimum absolute atomic E-state index is 0.554. The third-order valence-corrected chi connectivity index (χ3v) is 6.79. The van der Waals surface area contributed by atoms with Crippen LogP contribution >= 0.6 is 0 Å². The van der Waals surface area contributed by atoms with Crippen molar-refractivity contribution in [2.45, 2.75) is 55.4 Å². The normalized spacial score (nSPS) is 14.5. The van der Waals surface area contributed by atoms with Crippen molar-refractivity contribution in [2.24, 2.45) is 15.0 Å². The van der Waals surface area contributed by atoms with Gasteiger partial charge in [-0.1, -0.05) is 12.1 Å². The molecule has 0 atom stereocenters. The van der Waals surface area contributed by atoms with Crippen LogP contribution < -0.4 is 4.90 Å². The molecule has 6 heteroatoms. The molecule has 1 aliphatic heterocycles. The number of amidine groups is 1. The van der Waals surface area contributed by atoms with Gasteiger partial charge in [-0.3, -0.25) is 0 Å². The van der Waals surface area contributed by atoms with Gasteiger partial charge in [-0.15, -0.1) is 0 Å². The van der Waals surface area contributed by atoms with Gasteiger partial charge in [-0.05, 0) is 102 Å². The highest BCUT2D eigenvalue weighted by Crippen LogP contribution is 2.27. The Balaban J connectivity index is 1.83. The Morgan fingerprint density at radius 2 is 1.56 bits per heavy atom. The lowest BCUT2D eigenvalue weighted by atomic mass is 10.0. The minimum Gasteiger partial charge on any atom is -0.372 e. The Kier molecular flexibility index (Phi) is 6.51. The van der Waals surface area contributed by atoms with Crippen molar-refractivity contribution in [3.8, 4) is 0 Å². The van der Waals surface area contributed by atoms with Crippen LogP contribution in [-0.2, 0) is 0 Å². The molecule has 0 saturated heterocycles. The topological polar surface area (TPSA) is 58.1 Å². The smallest absolute Gasteiger partial charge is 0.253 e. The number of hydrogen-bond acceptors (Lipinski definition) is 4. The summed E-state index contributed by atoms with van der Waals surface area (Å²) in [5, 5.41) is 4.68. The maximum Gasteiger partial charge on any atom is 0.253 e. The van der Waals surface area contributed by atoms with Crippen LogP contribution in [0.3, 0.4) is 0 Å². The van der Waals surface area contributed by atoms with Gasteiger partial charge in [-0.2, -0.15) is 10.1 Å². The number of aryl methyl sites for hydroxylation is 4. The molecule has 3 aromatic rings. The van der Waals surface area contributed by atoms with Gasteiger partial charge < -0.3 is 4.90 Å². The molecule has 0 aliphatic carbocycles. The zero-order chi connectivity index (χ0) is 24.6. The summed E-state index contributed by atoms with van der Waals surface area (Å²) >= 11 is 0. The lowest BCUT2D eigenvalue weighted by Gasteiger charge is -2.21. The first-order valence-corrected chi connectivity index (χ1v) is 12.0. The first-order chi connectivity index (χ1) is 16.2. The van der Waals surface area contributed by atoms with E-state index in [1.165, 1.54) is 16.8 Å². The Morgan fingerprint density at radius 1 is 0.824 bits per heavy atom. The average Bonchev–Trinajstić information content (AvgIpc) is 3.34. The molecule has 0 amide bonds. The number of aliphatic imine (C=N–C) groups is 3. The molecule has 0 unspecified atom stereocenters. The molecule has 0 spiro atoms. The van der Waals surface area contributed by atoms with Gasteiger partial charge in [0.1, 0.15) is 5.71 Å². The molecule has 0 saturated carbocycles. The molecule has 2 aromatic carbocycles. The second-order valence-corrected chi connectivity index (χ2v) is 8.96. The Bertz CT molecular complexity index is 1340. The largest absolute Gasteiger partial charge is 0.372 e. The van der Waals surface area contributed by atoms with Gasteiger partial charge in [0.05, 0.1) is 11.4 Å². The Labute approximate surface area is 202 Å². The third-order valence-electron chi connectivity index (χ3n) is 6.79. The monoisotopic (exact) mass is 454 g/mol. The van der Waals surface area contributed by atoms with Crippen LogP contribution in [-0.4, -0.2) is 40.4 Å².